The van der Waals surface area contributed by atoms with Crippen molar-refractivity contribution in [2.24, 2.45) is 5.16 Å². The van der Waals surface area contributed by atoms with E-state index in [2.05, 4.69) is 5.16 Å². The van der Waals surface area contributed by atoms with Gasteiger partial charge in [-0.05, 0) is 5.56 Å². The first-order valence-corrected chi connectivity index (χ1v) is 5.29. The molecule has 0 radical (unpaired) electrons. The number of aliphatic carboxylic acids is 1. The maximum absolute atomic E-state index is 9.78. The number of carbonyl (C=O) groups is 1. The minimum Gasteiger partial charge on any atom is -0.477 e. The molecule has 1 aromatic rings. The number of carboxylic acids is 1. The molecule has 0 unspecified atom stereocenters. The molecule has 0 heterocycles. The summed E-state index contributed by atoms with van der Waals surface area (Å²) >= 11 is 14.9. The van der Waals surface area contributed by atoms with Crippen LogP contribution >= 0.6 is 34.8 Å². The van der Waals surface area contributed by atoms with Crippen molar-refractivity contribution in [2.75, 3.05) is 0 Å². The lowest BCUT2D eigenvalue weighted by molar-refractivity contribution is -0.131. The number of benzene rings is 1. The molecule has 17 heavy (non-hydrogen) atoms. The van der Waals surface area contributed by atoms with Crippen molar-refractivity contribution in [3.8, 4) is 0 Å². The summed E-state index contributed by atoms with van der Waals surface area (Å²) in [5.41, 5.74) is 0.903. The molecule has 2 N–H and O–H groups in total. The standard InChI is InChI=1S/C7H7NO.C3HCl3O2/c9-8-6-7-4-2-1-3-5-7;4-1(2(5)6)3(7)8/h1-6,9H;(H,7,8)/b8-6+;. The summed E-state index contributed by atoms with van der Waals surface area (Å²) in [4.78, 5) is 9.78. The average molecular weight is 297 g/mol. The summed E-state index contributed by atoms with van der Waals surface area (Å²) in [6.07, 6.45) is 1.39. The van der Waals surface area contributed by atoms with Gasteiger partial charge in [-0.15, -0.1) is 0 Å². The molecule has 0 saturated carbocycles. The zero-order valence-electron chi connectivity index (χ0n) is 8.35. The SMILES string of the molecule is O/N=C/c1ccccc1.O=C(O)C(Cl)=C(Cl)Cl. The average Bonchev–Trinajstić information content (AvgIpc) is 2.30. The van der Waals surface area contributed by atoms with Crippen LogP contribution in [0.4, 0.5) is 0 Å². The lowest BCUT2D eigenvalue weighted by atomic mass is 10.2. The molecule has 0 aliphatic rings. The van der Waals surface area contributed by atoms with Crippen LogP contribution in [-0.4, -0.2) is 22.5 Å². The zero-order valence-corrected chi connectivity index (χ0v) is 10.6. The molecule has 0 aromatic heterocycles. The van der Waals surface area contributed by atoms with Gasteiger partial charge in [0.05, 0.1) is 6.21 Å². The predicted molar refractivity (Wildman–Crippen MR) is 68.0 cm³/mol. The Bertz CT molecular complexity index is 414. The lowest BCUT2D eigenvalue weighted by Crippen LogP contribution is -1.93. The largest absolute Gasteiger partial charge is 0.477 e. The molecule has 0 aliphatic heterocycles. The number of hydrogen-bond acceptors (Lipinski definition) is 3. The topological polar surface area (TPSA) is 69.9 Å². The maximum Gasteiger partial charge on any atom is 0.349 e. The van der Waals surface area contributed by atoms with E-state index in [0.717, 1.165) is 5.56 Å². The van der Waals surface area contributed by atoms with E-state index in [4.69, 9.17) is 45.1 Å². The Morgan fingerprint density at radius 2 is 1.71 bits per heavy atom. The van der Waals surface area contributed by atoms with Crippen LogP contribution in [0.15, 0.2) is 45.0 Å². The van der Waals surface area contributed by atoms with Gasteiger partial charge in [0.1, 0.15) is 4.49 Å². The van der Waals surface area contributed by atoms with Crippen molar-refractivity contribution in [2.45, 2.75) is 0 Å². The molecule has 0 atom stereocenters. The second-order valence-corrected chi connectivity index (χ2v) is 3.86. The van der Waals surface area contributed by atoms with E-state index < -0.39 is 15.5 Å². The monoisotopic (exact) mass is 295 g/mol. The highest BCUT2D eigenvalue weighted by Gasteiger charge is 2.06. The summed E-state index contributed by atoms with van der Waals surface area (Å²) in [6, 6.07) is 9.40. The summed E-state index contributed by atoms with van der Waals surface area (Å²) in [7, 11) is 0. The van der Waals surface area contributed by atoms with Gasteiger partial charge in [0.15, 0.2) is 5.03 Å². The van der Waals surface area contributed by atoms with Crippen LogP contribution in [0.2, 0.25) is 0 Å². The Labute approximate surface area is 113 Å². The summed E-state index contributed by atoms with van der Waals surface area (Å²) in [6.45, 7) is 0. The molecule has 1 rings (SSSR count). The molecular formula is C10H8Cl3NO3. The lowest BCUT2D eigenvalue weighted by Gasteiger charge is -1.85. The third-order valence-corrected chi connectivity index (χ3v) is 2.28. The van der Waals surface area contributed by atoms with Crippen molar-refractivity contribution >= 4 is 47.0 Å². The fourth-order valence-corrected chi connectivity index (χ4v) is 0.848. The van der Waals surface area contributed by atoms with Crippen molar-refractivity contribution < 1.29 is 15.1 Å². The highest BCUT2D eigenvalue weighted by molar-refractivity contribution is 6.62. The van der Waals surface area contributed by atoms with Gasteiger partial charge in [0, 0.05) is 0 Å². The molecule has 0 amide bonds. The molecule has 1 aromatic carbocycles. The van der Waals surface area contributed by atoms with Gasteiger partial charge < -0.3 is 10.3 Å². The summed E-state index contributed by atoms with van der Waals surface area (Å²) in [5.74, 6) is -1.33. The molecule has 92 valence electrons. The van der Waals surface area contributed by atoms with Gasteiger partial charge in [-0.1, -0.05) is 70.3 Å². The fraction of sp³-hybridized carbons (Fsp3) is 0. The highest BCUT2D eigenvalue weighted by Crippen LogP contribution is 2.16. The van der Waals surface area contributed by atoms with Crippen LogP contribution < -0.4 is 0 Å². The first-order valence-electron chi connectivity index (χ1n) is 4.15. The van der Waals surface area contributed by atoms with E-state index in [0.29, 0.717) is 0 Å². The Hall–Kier alpha value is -1.23. The van der Waals surface area contributed by atoms with E-state index in [9.17, 15) is 4.79 Å². The summed E-state index contributed by atoms with van der Waals surface area (Å²) in [5, 5.41) is 18.4. The fourth-order valence-electron chi connectivity index (χ4n) is 0.687. The number of carboxylic acid groups (broad SMARTS) is 1. The number of hydrogen-bond donors (Lipinski definition) is 2. The van der Waals surface area contributed by atoms with Crippen molar-refractivity contribution in [1.29, 1.82) is 0 Å². The number of halogens is 3. The zero-order chi connectivity index (χ0) is 13.3. The van der Waals surface area contributed by atoms with Crippen LogP contribution in [0.3, 0.4) is 0 Å². The quantitative estimate of drug-likeness (QED) is 0.380. The molecular weight excluding hydrogens is 288 g/mol. The van der Waals surface area contributed by atoms with Crippen LogP contribution in [0.5, 0.6) is 0 Å². The highest BCUT2D eigenvalue weighted by atomic mass is 35.5. The second-order valence-electron chi connectivity index (χ2n) is 2.53. The summed E-state index contributed by atoms with van der Waals surface area (Å²) < 4.78 is -0.431. The Morgan fingerprint density at radius 3 is 2.00 bits per heavy atom. The van der Waals surface area contributed by atoms with Crippen LogP contribution in [-0.2, 0) is 4.79 Å². The number of rotatable bonds is 2. The van der Waals surface area contributed by atoms with E-state index >= 15 is 0 Å². The Morgan fingerprint density at radius 1 is 1.18 bits per heavy atom. The molecule has 0 spiro atoms. The van der Waals surface area contributed by atoms with Gasteiger partial charge in [-0.2, -0.15) is 0 Å². The number of nitrogens with zero attached hydrogens (tertiary/aromatic N) is 1. The molecule has 0 aliphatic carbocycles. The minimum atomic E-state index is -1.33. The van der Waals surface area contributed by atoms with Crippen LogP contribution in [0.1, 0.15) is 5.56 Å². The second kappa shape index (κ2) is 8.87. The smallest absolute Gasteiger partial charge is 0.349 e. The normalized spacial score (nSPS) is 9.35. The third kappa shape index (κ3) is 7.63. The van der Waals surface area contributed by atoms with Crippen LogP contribution in [0.25, 0.3) is 0 Å². The van der Waals surface area contributed by atoms with Gasteiger partial charge in [0.2, 0.25) is 0 Å². The molecule has 7 heteroatoms. The number of oxime groups is 1. The minimum absolute atomic E-state index is 0.431. The molecule has 0 bridgehead atoms. The Balaban J connectivity index is 0.000000304. The van der Waals surface area contributed by atoms with Crippen molar-refractivity contribution in [3.63, 3.8) is 0 Å². The molecule has 0 saturated heterocycles. The van der Waals surface area contributed by atoms with Gasteiger partial charge in [-0.25, -0.2) is 4.79 Å². The van der Waals surface area contributed by atoms with Crippen LogP contribution in [0, 0.1) is 0 Å². The van der Waals surface area contributed by atoms with Gasteiger partial charge >= 0.3 is 5.97 Å². The predicted octanol–water partition coefficient (Wildman–Crippen LogP) is 3.45. The molecule has 0 fully saturated rings. The third-order valence-electron chi connectivity index (χ3n) is 1.36. The maximum atomic E-state index is 9.78. The van der Waals surface area contributed by atoms with E-state index in [1.165, 1.54) is 6.21 Å². The van der Waals surface area contributed by atoms with Gasteiger partial charge in [-0.3, -0.25) is 0 Å². The molecule has 4 nitrogen and oxygen atoms in total. The van der Waals surface area contributed by atoms with Crippen molar-refractivity contribution in [1.82, 2.24) is 0 Å². The van der Waals surface area contributed by atoms with E-state index in [1.807, 2.05) is 30.3 Å². The van der Waals surface area contributed by atoms with E-state index in [-0.39, 0.29) is 0 Å². The first-order chi connectivity index (χ1) is 7.99. The first kappa shape index (κ1) is 15.8. The van der Waals surface area contributed by atoms with Crippen molar-refractivity contribution in [3.05, 3.63) is 45.4 Å². The van der Waals surface area contributed by atoms with Gasteiger partial charge in [0.25, 0.3) is 0 Å². The Kier molecular flexibility index (Phi) is 8.23. The van der Waals surface area contributed by atoms with E-state index in [1.54, 1.807) is 0 Å².